The number of carbonyl (C=O) groups excluding carboxylic acids is 1. The number of hydrogen-bond acceptors (Lipinski definition) is 3. The molecule has 0 fully saturated rings. The van der Waals surface area contributed by atoms with Gasteiger partial charge in [-0.15, -0.1) is 0 Å². The number of rotatable bonds is 10. The minimum Gasteiger partial charge on any atom is -0.494 e. The molecule has 0 unspecified atom stereocenters. The molecule has 0 heterocycles. The van der Waals surface area contributed by atoms with Gasteiger partial charge in [0.15, 0.2) is 0 Å². The third-order valence-corrected chi connectivity index (χ3v) is 4.32. The van der Waals surface area contributed by atoms with E-state index in [0.717, 1.165) is 12.2 Å². The van der Waals surface area contributed by atoms with Gasteiger partial charge < -0.3 is 15.4 Å². The average Bonchev–Trinajstić information content (AvgIpc) is 2.62. The smallest absolute Gasteiger partial charge is 0.243 e. The predicted molar refractivity (Wildman–Crippen MR) is 110 cm³/mol. The Morgan fingerprint density at radius 3 is 2.73 bits per heavy atom. The first-order chi connectivity index (χ1) is 12.6. The van der Waals surface area contributed by atoms with Crippen LogP contribution in [0.4, 0.5) is 11.4 Å². The van der Waals surface area contributed by atoms with E-state index in [9.17, 15) is 4.79 Å². The Hall–Kier alpha value is -1.91. The van der Waals surface area contributed by atoms with Crippen LogP contribution in [-0.2, 0) is 4.79 Å². The third kappa shape index (κ3) is 7.14. The highest BCUT2D eigenvalue weighted by atomic mass is 35.5. The minimum absolute atomic E-state index is 0.0855. The third-order valence-electron chi connectivity index (χ3n) is 3.75. The van der Waals surface area contributed by atoms with Gasteiger partial charge in [-0.25, -0.2) is 0 Å². The van der Waals surface area contributed by atoms with Gasteiger partial charge in [-0.3, -0.25) is 4.79 Å². The molecule has 0 aliphatic rings. The molecule has 2 N–H and O–H groups in total. The van der Waals surface area contributed by atoms with Gasteiger partial charge in [0.25, 0.3) is 0 Å². The number of unbranched alkanes of at least 4 members (excludes halogenated alkanes) is 3. The molecule has 2 rings (SSSR count). The highest BCUT2D eigenvalue weighted by Gasteiger charge is 2.06. The van der Waals surface area contributed by atoms with Crippen LogP contribution in [0.15, 0.2) is 42.5 Å². The molecule has 0 atom stereocenters. The van der Waals surface area contributed by atoms with Crippen molar-refractivity contribution in [1.29, 1.82) is 0 Å². The summed E-state index contributed by atoms with van der Waals surface area (Å²) >= 11 is 12.0. The molecule has 2 aromatic carbocycles. The summed E-state index contributed by atoms with van der Waals surface area (Å²) in [6, 6.07) is 12.5. The largest absolute Gasteiger partial charge is 0.494 e. The van der Waals surface area contributed by atoms with Gasteiger partial charge in [0.2, 0.25) is 5.91 Å². The number of amides is 1. The van der Waals surface area contributed by atoms with E-state index in [1.165, 1.54) is 19.3 Å². The number of carbonyl (C=O) groups is 1. The Bertz CT molecular complexity index is 723. The van der Waals surface area contributed by atoms with Crippen molar-refractivity contribution >= 4 is 40.5 Å². The van der Waals surface area contributed by atoms with E-state index in [-0.39, 0.29) is 12.5 Å². The summed E-state index contributed by atoms with van der Waals surface area (Å²) < 4.78 is 5.73. The molecule has 6 heteroatoms. The first-order valence-electron chi connectivity index (χ1n) is 8.80. The molecule has 26 heavy (non-hydrogen) atoms. The fraction of sp³-hybridized carbons (Fsp3) is 0.350. The Kier molecular flexibility index (Phi) is 8.59. The number of anilines is 2. The van der Waals surface area contributed by atoms with Gasteiger partial charge in [0.1, 0.15) is 5.75 Å². The molecule has 0 radical (unpaired) electrons. The molecule has 1 amide bonds. The lowest BCUT2D eigenvalue weighted by molar-refractivity contribution is -0.114. The Labute approximate surface area is 164 Å². The predicted octanol–water partition coefficient (Wildman–Crippen LogP) is 6.00. The van der Waals surface area contributed by atoms with Crippen LogP contribution in [-0.4, -0.2) is 19.1 Å². The van der Waals surface area contributed by atoms with Gasteiger partial charge >= 0.3 is 0 Å². The average molecular weight is 395 g/mol. The summed E-state index contributed by atoms with van der Waals surface area (Å²) in [5.41, 5.74) is 1.32. The van der Waals surface area contributed by atoms with Crippen molar-refractivity contribution in [2.45, 2.75) is 32.6 Å². The lowest BCUT2D eigenvalue weighted by Gasteiger charge is -2.11. The van der Waals surface area contributed by atoms with Crippen LogP contribution in [0, 0.1) is 0 Å². The maximum absolute atomic E-state index is 12.1. The van der Waals surface area contributed by atoms with E-state index in [4.69, 9.17) is 27.9 Å². The first-order valence-corrected chi connectivity index (χ1v) is 9.55. The molecule has 4 nitrogen and oxygen atoms in total. The maximum Gasteiger partial charge on any atom is 0.243 e. The second-order valence-electron chi connectivity index (χ2n) is 5.96. The summed E-state index contributed by atoms with van der Waals surface area (Å²) in [5, 5.41) is 6.89. The fourth-order valence-corrected chi connectivity index (χ4v) is 2.75. The molecule has 140 valence electrons. The van der Waals surface area contributed by atoms with Crippen LogP contribution in [0.2, 0.25) is 10.0 Å². The Morgan fingerprint density at radius 2 is 1.92 bits per heavy atom. The van der Waals surface area contributed by atoms with Crippen LogP contribution in [0.1, 0.15) is 32.6 Å². The summed E-state index contributed by atoms with van der Waals surface area (Å²) in [5.74, 6) is 0.575. The van der Waals surface area contributed by atoms with Gasteiger partial charge in [-0.2, -0.15) is 0 Å². The lowest BCUT2D eigenvalue weighted by Crippen LogP contribution is -2.21. The van der Waals surface area contributed by atoms with Crippen molar-refractivity contribution in [1.82, 2.24) is 0 Å². The van der Waals surface area contributed by atoms with Gasteiger partial charge in [-0.05, 0) is 36.8 Å². The second-order valence-corrected chi connectivity index (χ2v) is 6.81. The minimum atomic E-state index is -0.180. The van der Waals surface area contributed by atoms with E-state index in [2.05, 4.69) is 17.6 Å². The van der Waals surface area contributed by atoms with E-state index in [1.54, 1.807) is 18.2 Å². The van der Waals surface area contributed by atoms with Crippen molar-refractivity contribution in [3.05, 3.63) is 52.5 Å². The summed E-state index contributed by atoms with van der Waals surface area (Å²) in [6.45, 7) is 2.95. The fourth-order valence-electron chi connectivity index (χ4n) is 2.40. The summed E-state index contributed by atoms with van der Waals surface area (Å²) in [6.07, 6.45) is 4.64. The van der Waals surface area contributed by atoms with Crippen LogP contribution in [0.3, 0.4) is 0 Å². The topological polar surface area (TPSA) is 50.4 Å². The van der Waals surface area contributed by atoms with Gasteiger partial charge in [0, 0.05) is 16.8 Å². The standard InChI is InChI=1S/C20H24Cl2N2O2/c1-2-3-4-5-11-26-17-8-6-7-16(13-17)24-20(25)14-23-19-12-15(21)9-10-18(19)22/h6-10,12-13,23H,2-5,11,14H2,1H3,(H,24,25). The zero-order valence-electron chi connectivity index (χ0n) is 14.9. The highest BCUT2D eigenvalue weighted by Crippen LogP contribution is 2.25. The molecule has 0 aromatic heterocycles. The zero-order chi connectivity index (χ0) is 18.8. The van der Waals surface area contributed by atoms with Crippen molar-refractivity contribution in [2.75, 3.05) is 23.8 Å². The van der Waals surface area contributed by atoms with Crippen molar-refractivity contribution in [3.8, 4) is 5.75 Å². The normalized spacial score (nSPS) is 10.4. The molecule has 0 saturated carbocycles. The highest BCUT2D eigenvalue weighted by molar-refractivity contribution is 6.35. The maximum atomic E-state index is 12.1. The summed E-state index contributed by atoms with van der Waals surface area (Å²) in [7, 11) is 0. The summed E-state index contributed by atoms with van der Waals surface area (Å²) in [4.78, 5) is 12.1. The molecular weight excluding hydrogens is 371 g/mol. The van der Waals surface area contributed by atoms with E-state index in [1.807, 2.05) is 24.3 Å². The molecule has 0 aliphatic carbocycles. The SMILES string of the molecule is CCCCCCOc1cccc(NC(=O)CNc2cc(Cl)ccc2Cl)c1. The Morgan fingerprint density at radius 1 is 1.08 bits per heavy atom. The quantitative estimate of drug-likeness (QED) is 0.485. The number of benzene rings is 2. The van der Waals surface area contributed by atoms with Crippen LogP contribution < -0.4 is 15.4 Å². The number of nitrogens with one attached hydrogen (secondary N) is 2. The molecule has 0 saturated heterocycles. The molecule has 0 spiro atoms. The van der Waals surface area contributed by atoms with Crippen LogP contribution >= 0.6 is 23.2 Å². The Balaban J connectivity index is 1.81. The van der Waals surface area contributed by atoms with Crippen LogP contribution in [0.25, 0.3) is 0 Å². The van der Waals surface area contributed by atoms with E-state index in [0.29, 0.717) is 28.0 Å². The van der Waals surface area contributed by atoms with E-state index < -0.39 is 0 Å². The molecule has 2 aromatic rings. The van der Waals surface area contributed by atoms with E-state index >= 15 is 0 Å². The van der Waals surface area contributed by atoms with Crippen molar-refractivity contribution in [3.63, 3.8) is 0 Å². The zero-order valence-corrected chi connectivity index (χ0v) is 16.4. The van der Waals surface area contributed by atoms with Crippen molar-refractivity contribution < 1.29 is 9.53 Å². The second kappa shape index (κ2) is 10.9. The monoisotopic (exact) mass is 394 g/mol. The molecular formula is C20H24Cl2N2O2. The van der Waals surface area contributed by atoms with Gasteiger partial charge in [0.05, 0.1) is 23.9 Å². The first kappa shape index (κ1) is 20.4. The number of hydrogen-bond donors (Lipinski definition) is 2. The van der Waals surface area contributed by atoms with Crippen molar-refractivity contribution in [2.24, 2.45) is 0 Å². The number of halogens is 2. The van der Waals surface area contributed by atoms with Gasteiger partial charge in [-0.1, -0.05) is 55.5 Å². The number of ether oxygens (including phenoxy) is 1. The van der Waals surface area contributed by atoms with Crippen LogP contribution in [0.5, 0.6) is 5.75 Å². The lowest BCUT2D eigenvalue weighted by atomic mass is 10.2. The molecule has 0 bridgehead atoms. The molecule has 0 aliphatic heterocycles.